The largest absolute Gasteiger partial charge is 0.465 e. The number of esters is 1. The zero-order valence-corrected chi connectivity index (χ0v) is 18.4. The number of carbonyl (C=O) groups is 2. The van der Waals surface area contributed by atoms with Crippen LogP contribution >= 0.6 is 34.5 Å². The van der Waals surface area contributed by atoms with Gasteiger partial charge in [0.1, 0.15) is 17.7 Å². The summed E-state index contributed by atoms with van der Waals surface area (Å²) in [6.07, 6.45) is 0. The molecule has 2 aromatic heterocycles. The van der Waals surface area contributed by atoms with Gasteiger partial charge in [-0.15, -0.1) is 0 Å². The summed E-state index contributed by atoms with van der Waals surface area (Å²) >= 11 is 13.5. The fourth-order valence-electron chi connectivity index (χ4n) is 3.05. The molecular weight excluding hydrogens is 463 g/mol. The predicted molar refractivity (Wildman–Crippen MR) is 119 cm³/mol. The first kappa shape index (κ1) is 21.3. The van der Waals surface area contributed by atoms with Crippen LogP contribution in [0.5, 0.6) is 0 Å². The molecule has 0 spiro atoms. The minimum atomic E-state index is -0.800. The molecule has 0 aliphatic carbocycles. The molecule has 0 atom stereocenters. The number of amides is 1. The highest BCUT2D eigenvalue weighted by Crippen LogP contribution is 2.29. The van der Waals surface area contributed by atoms with Crippen molar-refractivity contribution in [3.05, 3.63) is 73.3 Å². The lowest BCUT2D eigenvalue weighted by molar-refractivity contribution is -0.143. The van der Waals surface area contributed by atoms with E-state index in [-0.39, 0.29) is 23.5 Å². The zero-order valence-electron chi connectivity index (χ0n) is 16.1. The Hall–Kier alpha value is -2.94. The van der Waals surface area contributed by atoms with Crippen LogP contribution in [0.3, 0.4) is 0 Å². The zero-order chi connectivity index (χ0) is 22.1. The third-order valence-corrected chi connectivity index (χ3v) is 5.89. The smallest absolute Gasteiger partial charge is 0.349 e. The van der Waals surface area contributed by atoms with E-state index in [0.29, 0.717) is 31.2 Å². The molecule has 0 N–H and O–H groups in total. The van der Waals surface area contributed by atoms with Crippen molar-refractivity contribution in [1.82, 2.24) is 4.57 Å². The van der Waals surface area contributed by atoms with Crippen molar-refractivity contribution in [3.8, 4) is 0 Å². The lowest BCUT2D eigenvalue weighted by atomic mass is 10.2. The Morgan fingerprint density at radius 1 is 1.19 bits per heavy atom. The van der Waals surface area contributed by atoms with E-state index in [1.54, 1.807) is 37.3 Å². The average molecular weight is 477 g/mol. The van der Waals surface area contributed by atoms with Crippen molar-refractivity contribution in [2.24, 2.45) is 4.99 Å². The molecular formula is C21H14Cl2N2O5S. The van der Waals surface area contributed by atoms with Crippen molar-refractivity contribution >= 4 is 67.6 Å². The number of rotatable bonds is 4. The Labute approximate surface area is 189 Å². The second-order valence-corrected chi connectivity index (χ2v) is 8.27. The highest BCUT2D eigenvalue weighted by molar-refractivity contribution is 7.16. The van der Waals surface area contributed by atoms with E-state index in [2.05, 4.69) is 4.99 Å². The second-order valence-electron chi connectivity index (χ2n) is 6.41. The molecule has 0 bridgehead atoms. The lowest BCUT2D eigenvalue weighted by Gasteiger charge is -2.06. The van der Waals surface area contributed by atoms with Gasteiger partial charge in [0.05, 0.1) is 21.8 Å². The standard InChI is InChI=1S/C21H14Cl2N2O5S/c1-2-29-17(26)10-25-18-14(23)8-12(22)9-16(18)31-21(25)24-19(27)13-7-11-5-3-4-6-15(11)30-20(13)28/h3-9H,2,10H2,1H3. The molecule has 0 saturated heterocycles. The number of nitrogens with zero attached hydrogens (tertiary/aromatic N) is 2. The Morgan fingerprint density at radius 2 is 1.97 bits per heavy atom. The van der Waals surface area contributed by atoms with Gasteiger partial charge in [0, 0.05) is 10.4 Å². The third-order valence-electron chi connectivity index (χ3n) is 4.36. The summed E-state index contributed by atoms with van der Waals surface area (Å²) in [6.45, 7) is 1.67. The molecule has 158 valence electrons. The molecule has 4 aromatic rings. The summed E-state index contributed by atoms with van der Waals surface area (Å²) in [5.74, 6) is -1.32. The van der Waals surface area contributed by atoms with Crippen LogP contribution in [-0.2, 0) is 16.1 Å². The van der Waals surface area contributed by atoms with Crippen molar-refractivity contribution in [2.45, 2.75) is 13.5 Å². The second kappa shape index (κ2) is 8.66. The molecule has 0 radical (unpaired) electrons. The molecule has 0 aliphatic rings. The van der Waals surface area contributed by atoms with Crippen LogP contribution in [0.15, 0.2) is 56.7 Å². The van der Waals surface area contributed by atoms with E-state index in [9.17, 15) is 14.4 Å². The number of carbonyl (C=O) groups excluding carboxylic acids is 2. The molecule has 0 aliphatic heterocycles. The van der Waals surface area contributed by atoms with E-state index in [1.807, 2.05) is 0 Å². The first-order valence-corrected chi connectivity index (χ1v) is 10.7. The topological polar surface area (TPSA) is 90.9 Å². The molecule has 2 heterocycles. The van der Waals surface area contributed by atoms with Crippen LogP contribution in [0.2, 0.25) is 10.0 Å². The maximum absolute atomic E-state index is 12.9. The number of para-hydroxylation sites is 1. The van der Waals surface area contributed by atoms with Gasteiger partial charge in [-0.3, -0.25) is 9.59 Å². The van der Waals surface area contributed by atoms with Crippen LogP contribution in [0.1, 0.15) is 17.3 Å². The van der Waals surface area contributed by atoms with Gasteiger partial charge < -0.3 is 13.7 Å². The van der Waals surface area contributed by atoms with Crippen LogP contribution < -0.4 is 10.4 Å². The van der Waals surface area contributed by atoms with Crippen LogP contribution in [0.4, 0.5) is 0 Å². The maximum Gasteiger partial charge on any atom is 0.349 e. The number of thiazole rings is 1. The van der Waals surface area contributed by atoms with Crippen molar-refractivity contribution in [1.29, 1.82) is 0 Å². The summed E-state index contributed by atoms with van der Waals surface area (Å²) < 4.78 is 12.3. The monoisotopic (exact) mass is 476 g/mol. The summed E-state index contributed by atoms with van der Waals surface area (Å²) in [5.41, 5.74) is -0.166. The average Bonchev–Trinajstić information content (AvgIpc) is 3.04. The molecule has 2 aromatic carbocycles. The van der Waals surface area contributed by atoms with E-state index >= 15 is 0 Å². The molecule has 31 heavy (non-hydrogen) atoms. The molecule has 10 heteroatoms. The normalized spacial score (nSPS) is 11.9. The van der Waals surface area contributed by atoms with Gasteiger partial charge in [-0.1, -0.05) is 52.7 Å². The molecule has 4 rings (SSSR count). The lowest BCUT2D eigenvalue weighted by Crippen LogP contribution is -2.24. The summed E-state index contributed by atoms with van der Waals surface area (Å²) in [7, 11) is 0. The number of ether oxygens (including phenoxy) is 1. The van der Waals surface area contributed by atoms with Crippen molar-refractivity contribution < 1.29 is 18.7 Å². The highest BCUT2D eigenvalue weighted by atomic mass is 35.5. The van der Waals surface area contributed by atoms with E-state index in [1.165, 1.54) is 16.7 Å². The fraction of sp³-hybridized carbons (Fsp3) is 0.143. The van der Waals surface area contributed by atoms with E-state index < -0.39 is 17.5 Å². The van der Waals surface area contributed by atoms with Crippen LogP contribution in [-0.4, -0.2) is 23.1 Å². The molecule has 0 saturated carbocycles. The highest BCUT2D eigenvalue weighted by Gasteiger charge is 2.18. The molecule has 1 amide bonds. The summed E-state index contributed by atoms with van der Waals surface area (Å²) in [5, 5.41) is 1.28. The summed E-state index contributed by atoms with van der Waals surface area (Å²) in [6, 6.07) is 11.5. The number of hydrogen-bond acceptors (Lipinski definition) is 6. The third kappa shape index (κ3) is 4.27. The van der Waals surface area contributed by atoms with Gasteiger partial charge in [0.2, 0.25) is 0 Å². The quantitative estimate of drug-likeness (QED) is 0.321. The van der Waals surface area contributed by atoms with Gasteiger partial charge in [0.25, 0.3) is 5.91 Å². The van der Waals surface area contributed by atoms with Crippen molar-refractivity contribution in [2.75, 3.05) is 6.61 Å². The molecule has 7 nitrogen and oxygen atoms in total. The number of fused-ring (bicyclic) bond motifs is 2. The number of hydrogen-bond donors (Lipinski definition) is 0. The maximum atomic E-state index is 12.9. The van der Waals surface area contributed by atoms with Gasteiger partial charge in [0.15, 0.2) is 4.80 Å². The van der Waals surface area contributed by atoms with Crippen LogP contribution in [0.25, 0.3) is 21.2 Å². The SMILES string of the molecule is CCOC(=O)Cn1c(=NC(=O)c2cc3ccccc3oc2=O)sc2cc(Cl)cc(Cl)c21. The Bertz CT molecular complexity index is 1470. The molecule has 0 fully saturated rings. The minimum Gasteiger partial charge on any atom is -0.465 e. The van der Waals surface area contributed by atoms with Gasteiger partial charge >= 0.3 is 11.6 Å². The Kier molecular flexibility index (Phi) is 5.95. The van der Waals surface area contributed by atoms with Gasteiger partial charge in [-0.2, -0.15) is 4.99 Å². The Morgan fingerprint density at radius 3 is 2.74 bits per heavy atom. The number of aromatic nitrogens is 1. The molecule has 0 unspecified atom stereocenters. The predicted octanol–water partition coefficient (Wildman–Crippen LogP) is 4.42. The first-order valence-electron chi connectivity index (χ1n) is 9.13. The first-order chi connectivity index (χ1) is 14.9. The van der Waals surface area contributed by atoms with Gasteiger partial charge in [-0.25, -0.2) is 4.79 Å². The Balaban J connectivity index is 1.89. The summed E-state index contributed by atoms with van der Waals surface area (Å²) in [4.78, 5) is 41.6. The van der Waals surface area contributed by atoms with Crippen molar-refractivity contribution in [3.63, 3.8) is 0 Å². The number of halogens is 2. The van der Waals surface area contributed by atoms with E-state index in [4.69, 9.17) is 32.4 Å². The minimum absolute atomic E-state index is 0.171. The van der Waals surface area contributed by atoms with Gasteiger partial charge in [-0.05, 0) is 31.2 Å². The van der Waals surface area contributed by atoms with Crippen LogP contribution in [0, 0.1) is 0 Å². The van der Waals surface area contributed by atoms with E-state index in [0.717, 1.165) is 11.3 Å². The fourth-order valence-corrected chi connectivity index (χ4v) is 4.87. The number of benzene rings is 2.